The molecule has 0 spiro atoms. The Morgan fingerprint density at radius 1 is 1.24 bits per heavy atom. The molecule has 2 N–H and O–H groups in total. The number of aromatic nitrogens is 3. The van der Waals surface area contributed by atoms with Crippen LogP contribution >= 0.6 is 0 Å². The van der Waals surface area contributed by atoms with Crippen LogP contribution in [0.5, 0.6) is 11.5 Å². The van der Waals surface area contributed by atoms with Gasteiger partial charge in [-0.15, -0.1) is 0 Å². The molecule has 1 aliphatic carbocycles. The number of nitrogens with zero attached hydrogens (tertiary/aromatic N) is 1. The summed E-state index contributed by atoms with van der Waals surface area (Å²) in [5, 5.41) is 6.72. The lowest BCUT2D eigenvalue weighted by atomic mass is 10.1. The van der Waals surface area contributed by atoms with Crippen LogP contribution in [-0.2, 0) is 11.3 Å². The molecule has 29 heavy (non-hydrogen) atoms. The Labute approximate surface area is 165 Å². The highest BCUT2D eigenvalue weighted by molar-refractivity contribution is 5.89. The zero-order valence-electron chi connectivity index (χ0n) is 16.0. The molecule has 0 atom stereocenters. The Bertz CT molecular complexity index is 1070. The van der Waals surface area contributed by atoms with Crippen molar-refractivity contribution in [1.82, 2.24) is 15.2 Å². The van der Waals surface area contributed by atoms with E-state index >= 15 is 0 Å². The van der Waals surface area contributed by atoms with E-state index in [4.69, 9.17) is 9.47 Å². The van der Waals surface area contributed by atoms with E-state index in [1.54, 1.807) is 12.1 Å². The highest BCUT2D eigenvalue weighted by Gasteiger charge is 2.26. The topological polar surface area (TPSA) is 89.2 Å². The number of ether oxygens (including phenoxy) is 3. The quantitative estimate of drug-likeness (QED) is 0.592. The maximum atomic E-state index is 12.8. The second-order valence-electron chi connectivity index (χ2n) is 7.18. The van der Waals surface area contributed by atoms with E-state index in [2.05, 4.69) is 19.9 Å². The van der Waals surface area contributed by atoms with Gasteiger partial charge >= 0.3 is 6.61 Å². The van der Waals surface area contributed by atoms with Gasteiger partial charge in [0, 0.05) is 11.1 Å². The molecule has 7 nitrogen and oxygen atoms in total. The molecular formula is C20H21F2N3O4. The molecule has 9 heteroatoms. The minimum absolute atomic E-state index is 0.00350. The lowest BCUT2D eigenvalue weighted by Gasteiger charge is -2.14. The predicted molar refractivity (Wildman–Crippen MR) is 102 cm³/mol. The van der Waals surface area contributed by atoms with Crippen molar-refractivity contribution in [2.75, 3.05) is 0 Å². The van der Waals surface area contributed by atoms with Gasteiger partial charge in [-0.05, 0) is 44.9 Å². The molecule has 0 saturated heterocycles. The highest BCUT2D eigenvalue weighted by Crippen LogP contribution is 2.39. The van der Waals surface area contributed by atoms with Crippen LogP contribution < -0.4 is 15.0 Å². The number of benzene rings is 1. The number of hydrogen-bond donors (Lipinski definition) is 2. The maximum Gasteiger partial charge on any atom is 0.387 e. The molecular weight excluding hydrogens is 384 g/mol. The number of halogens is 2. The fourth-order valence-corrected chi connectivity index (χ4v) is 3.08. The fraction of sp³-hybridized carbons (Fsp3) is 0.400. The van der Waals surface area contributed by atoms with E-state index in [1.807, 2.05) is 13.8 Å². The van der Waals surface area contributed by atoms with Crippen molar-refractivity contribution < 1.29 is 23.0 Å². The third-order valence-corrected chi connectivity index (χ3v) is 4.55. The van der Waals surface area contributed by atoms with Crippen LogP contribution in [0.4, 0.5) is 8.78 Å². The van der Waals surface area contributed by atoms with Gasteiger partial charge in [0.15, 0.2) is 11.5 Å². The van der Waals surface area contributed by atoms with Crippen LogP contribution in [-0.4, -0.2) is 34.0 Å². The third kappa shape index (κ3) is 4.24. The summed E-state index contributed by atoms with van der Waals surface area (Å²) in [6, 6.07) is 4.73. The zero-order valence-corrected chi connectivity index (χ0v) is 16.0. The molecule has 1 aliphatic rings. The molecule has 2 heterocycles. The number of nitrogens with one attached hydrogen (secondary N) is 2. The second kappa shape index (κ2) is 7.82. The first kappa shape index (κ1) is 19.4. The first-order chi connectivity index (χ1) is 13.9. The molecule has 4 rings (SSSR count). The van der Waals surface area contributed by atoms with E-state index in [9.17, 15) is 13.6 Å². The van der Waals surface area contributed by atoms with Crippen LogP contribution in [0.1, 0.15) is 32.3 Å². The summed E-state index contributed by atoms with van der Waals surface area (Å²) in [5.74, 6) is 0.220. The monoisotopic (exact) mass is 405 g/mol. The van der Waals surface area contributed by atoms with Crippen molar-refractivity contribution in [3.63, 3.8) is 0 Å². The first-order valence-electron chi connectivity index (χ1n) is 9.38. The van der Waals surface area contributed by atoms with Gasteiger partial charge in [0.25, 0.3) is 5.56 Å². The Morgan fingerprint density at radius 2 is 2.03 bits per heavy atom. The van der Waals surface area contributed by atoms with Gasteiger partial charge in [-0.1, -0.05) is 0 Å². The minimum Gasteiger partial charge on any atom is -0.487 e. The zero-order chi connectivity index (χ0) is 20.5. The second-order valence-corrected chi connectivity index (χ2v) is 7.18. The Morgan fingerprint density at radius 3 is 2.72 bits per heavy atom. The number of H-pyrrole nitrogens is 2. The predicted octanol–water partition coefficient (Wildman–Crippen LogP) is 3.99. The molecule has 2 aromatic heterocycles. The van der Waals surface area contributed by atoms with Gasteiger partial charge in [-0.25, -0.2) is 5.10 Å². The van der Waals surface area contributed by atoms with Crippen molar-refractivity contribution in [1.29, 1.82) is 0 Å². The van der Waals surface area contributed by atoms with Gasteiger partial charge in [0.05, 0.1) is 41.6 Å². The normalized spacial score (nSPS) is 14.1. The molecule has 0 bridgehead atoms. The number of fused-ring (bicyclic) bond motifs is 1. The van der Waals surface area contributed by atoms with E-state index in [0.29, 0.717) is 27.7 Å². The average molecular weight is 405 g/mol. The third-order valence-electron chi connectivity index (χ3n) is 4.55. The highest BCUT2D eigenvalue weighted by atomic mass is 19.3. The van der Waals surface area contributed by atoms with Gasteiger partial charge in [-0.3, -0.25) is 4.79 Å². The van der Waals surface area contributed by atoms with Crippen LogP contribution in [0.2, 0.25) is 0 Å². The summed E-state index contributed by atoms with van der Waals surface area (Å²) in [6.07, 6.45) is 3.24. The standard InChI is InChI=1S/C20H21F2N3O4/c1-10(2)27-9-13-17-14(8-23-25-19(17)26)24-18(13)11-3-6-15(29-20(21)22)16(7-11)28-12-4-5-12/h3,6-8,10,12,20,24H,4-5,9H2,1-2H3,(H,25,26). The van der Waals surface area contributed by atoms with Gasteiger partial charge < -0.3 is 19.2 Å². The Kier molecular flexibility index (Phi) is 5.23. The van der Waals surface area contributed by atoms with Crippen LogP contribution in [0.3, 0.4) is 0 Å². The first-order valence-corrected chi connectivity index (χ1v) is 9.38. The maximum absolute atomic E-state index is 12.8. The number of aromatic amines is 2. The van der Waals surface area contributed by atoms with E-state index in [-0.39, 0.29) is 35.9 Å². The van der Waals surface area contributed by atoms with Crippen molar-refractivity contribution >= 4 is 10.9 Å². The molecule has 1 saturated carbocycles. The molecule has 154 valence electrons. The van der Waals surface area contributed by atoms with E-state index in [0.717, 1.165) is 12.8 Å². The lowest BCUT2D eigenvalue weighted by molar-refractivity contribution is -0.0516. The van der Waals surface area contributed by atoms with Crippen molar-refractivity contribution in [2.45, 2.75) is 52.1 Å². The van der Waals surface area contributed by atoms with Gasteiger partial charge in [0.2, 0.25) is 0 Å². The SMILES string of the molecule is CC(C)OCc1c(-c2ccc(OC(F)F)c(OC3CC3)c2)[nH]c2cn[nH]c(=O)c12. The summed E-state index contributed by atoms with van der Waals surface area (Å²) < 4.78 is 41.6. The van der Waals surface area contributed by atoms with Gasteiger partial charge in [-0.2, -0.15) is 13.9 Å². The largest absolute Gasteiger partial charge is 0.487 e. The molecule has 0 aliphatic heterocycles. The summed E-state index contributed by atoms with van der Waals surface area (Å²) in [6.45, 7) is 1.06. The molecule has 3 aromatic rings. The Hall–Kier alpha value is -2.94. The minimum atomic E-state index is -2.95. The molecule has 0 amide bonds. The average Bonchev–Trinajstić information content (AvgIpc) is 3.39. The Balaban J connectivity index is 1.81. The van der Waals surface area contributed by atoms with E-state index < -0.39 is 6.61 Å². The summed E-state index contributed by atoms with van der Waals surface area (Å²) >= 11 is 0. The van der Waals surface area contributed by atoms with Crippen LogP contribution in [0, 0.1) is 0 Å². The number of rotatable bonds is 8. The molecule has 0 unspecified atom stereocenters. The fourth-order valence-electron chi connectivity index (χ4n) is 3.08. The molecule has 0 radical (unpaired) electrons. The number of alkyl halides is 2. The number of hydrogen-bond acceptors (Lipinski definition) is 5. The summed E-state index contributed by atoms with van der Waals surface area (Å²) in [7, 11) is 0. The van der Waals surface area contributed by atoms with Crippen molar-refractivity contribution in [2.24, 2.45) is 0 Å². The van der Waals surface area contributed by atoms with Crippen molar-refractivity contribution in [3.8, 4) is 22.8 Å². The smallest absolute Gasteiger partial charge is 0.387 e. The van der Waals surface area contributed by atoms with Crippen LogP contribution in [0.25, 0.3) is 22.2 Å². The summed E-state index contributed by atoms with van der Waals surface area (Å²) in [4.78, 5) is 15.6. The van der Waals surface area contributed by atoms with Crippen LogP contribution in [0.15, 0.2) is 29.2 Å². The molecule has 1 fully saturated rings. The lowest BCUT2D eigenvalue weighted by Crippen LogP contribution is -2.10. The molecule has 1 aromatic carbocycles. The van der Waals surface area contributed by atoms with Crippen molar-refractivity contribution in [3.05, 3.63) is 40.3 Å². The van der Waals surface area contributed by atoms with Gasteiger partial charge in [0.1, 0.15) is 0 Å². The summed E-state index contributed by atoms with van der Waals surface area (Å²) in [5.41, 5.74) is 2.20. The van der Waals surface area contributed by atoms with E-state index in [1.165, 1.54) is 12.3 Å².